The van der Waals surface area contributed by atoms with E-state index in [0.717, 1.165) is 12.1 Å². The number of primary amides is 1. The number of carbonyl (C=O) groups is 1. The van der Waals surface area contributed by atoms with Gasteiger partial charge in [-0.15, -0.1) is 0 Å². The number of rotatable bonds is 4. The molecule has 1 atom stereocenters. The van der Waals surface area contributed by atoms with Crippen LogP contribution in [0.1, 0.15) is 16.8 Å². The number of aromatic amines is 1. The standard InChI is InChI=1S/C14H15N3O3/c15-14(18)12-7-9(20-10-4-6-19-8-10)1-2-11(12)13-3-5-16-17-13/h1-3,5,7,10H,4,6,8H2,(H2,15,18)(H,16,17)/t10-/m0/s1. The second-order valence-corrected chi connectivity index (χ2v) is 4.65. The van der Waals surface area contributed by atoms with Crippen molar-refractivity contribution in [3.63, 3.8) is 0 Å². The molecule has 3 N–H and O–H groups in total. The number of hydrogen-bond acceptors (Lipinski definition) is 4. The highest BCUT2D eigenvalue weighted by molar-refractivity contribution is 5.99. The summed E-state index contributed by atoms with van der Waals surface area (Å²) in [5, 5.41) is 6.70. The topological polar surface area (TPSA) is 90.2 Å². The SMILES string of the molecule is NC(=O)c1cc(O[C@H]2CCOC2)ccc1-c1ccn[nH]1. The van der Waals surface area contributed by atoms with Crippen LogP contribution in [0.5, 0.6) is 5.75 Å². The van der Waals surface area contributed by atoms with Crippen LogP contribution < -0.4 is 10.5 Å². The second kappa shape index (κ2) is 5.34. The van der Waals surface area contributed by atoms with Gasteiger partial charge in [-0.1, -0.05) is 0 Å². The van der Waals surface area contributed by atoms with Gasteiger partial charge < -0.3 is 15.2 Å². The van der Waals surface area contributed by atoms with Crippen molar-refractivity contribution >= 4 is 5.91 Å². The van der Waals surface area contributed by atoms with Gasteiger partial charge in [-0.25, -0.2) is 0 Å². The Morgan fingerprint density at radius 1 is 1.45 bits per heavy atom. The van der Waals surface area contributed by atoms with Gasteiger partial charge in [-0.3, -0.25) is 9.89 Å². The van der Waals surface area contributed by atoms with Crippen LogP contribution in [0.3, 0.4) is 0 Å². The molecule has 1 saturated heterocycles. The lowest BCUT2D eigenvalue weighted by molar-refractivity contribution is 0.0999. The largest absolute Gasteiger partial charge is 0.488 e. The molecule has 1 aromatic carbocycles. The number of H-pyrrole nitrogens is 1. The molecule has 104 valence electrons. The maximum atomic E-state index is 11.6. The minimum atomic E-state index is -0.497. The van der Waals surface area contributed by atoms with Gasteiger partial charge in [-0.2, -0.15) is 5.10 Å². The molecule has 3 rings (SSSR count). The van der Waals surface area contributed by atoms with E-state index < -0.39 is 5.91 Å². The number of amides is 1. The lowest BCUT2D eigenvalue weighted by Crippen LogP contribution is -2.17. The highest BCUT2D eigenvalue weighted by atomic mass is 16.5. The molecular formula is C14H15N3O3. The molecule has 6 heteroatoms. The van der Waals surface area contributed by atoms with E-state index in [9.17, 15) is 4.79 Å². The van der Waals surface area contributed by atoms with Crippen LogP contribution in [-0.2, 0) is 4.74 Å². The minimum Gasteiger partial charge on any atom is -0.488 e. The average Bonchev–Trinajstić information content (AvgIpc) is 3.11. The van der Waals surface area contributed by atoms with Crippen LogP contribution in [-0.4, -0.2) is 35.4 Å². The number of aromatic nitrogens is 2. The summed E-state index contributed by atoms with van der Waals surface area (Å²) in [5.74, 6) is 0.125. The number of hydrogen-bond donors (Lipinski definition) is 2. The first kappa shape index (κ1) is 12.7. The predicted molar refractivity (Wildman–Crippen MR) is 72.4 cm³/mol. The Morgan fingerprint density at radius 3 is 3.00 bits per heavy atom. The molecule has 20 heavy (non-hydrogen) atoms. The van der Waals surface area contributed by atoms with Crippen molar-refractivity contribution in [2.45, 2.75) is 12.5 Å². The number of nitrogens with one attached hydrogen (secondary N) is 1. The Hall–Kier alpha value is -2.34. The van der Waals surface area contributed by atoms with E-state index in [1.807, 2.05) is 6.07 Å². The summed E-state index contributed by atoms with van der Waals surface area (Å²) in [6.45, 7) is 1.29. The summed E-state index contributed by atoms with van der Waals surface area (Å²) in [6.07, 6.45) is 2.52. The predicted octanol–water partition coefficient (Wildman–Crippen LogP) is 1.34. The van der Waals surface area contributed by atoms with Crippen molar-refractivity contribution in [3.8, 4) is 17.0 Å². The third kappa shape index (κ3) is 2.50. The van der Waals surface area contributed by atoms with E-state index in [4.69, 9.17) is 15.2 Å². The van der Waals surface area contributed by atoms with E-state index in [-0.39, 0.29) is 6.10 Å². The van der Waals surface area contributed by atoms with Crippen LogP contribution in [0.2, 0.25) is 0 Å². The summed E-state index contributed by atoms with van der Waals surface area (Å²) in [6, 6.07) is 7.07. The van der Waals surface area contributed by atoms with Gasteiger partial charge in [0, 0.05) is 18.2 Å². The zero-order chi connectivity index (χ0) is 13.9. The van der Waals surface area contributed by atoms with Gasteiger partial charge in [0.15, 0.2) is 0 Å². The summed E-state index contributed by atoms with van der Waals surface area (Å²) in [5.41, 5.74) is 7.31. The Kier molecular flexibility index (Phi) is 3.39. The first-order chi connectivity index (χ1) is 9.74. The van der Waals surface area contributed by atoms with Gasteiger partial charge in [-0.05, 0) is 24.3 Å². The first-order valence-corrected chi connectivity index (χ1v) is 6.42. The van der Waals surface area contributed by atoms with Gasteiger partial charge >= 0.3 is 0 Å². The fourth-order valence-corrected chi connectivity index (χ4v) is 2.24. The number of ether oxygens (including phenoxy) is 2. The van der Waals surface area contributed by atoms with Crippen molar-refractivity contribution < 1.29 is 14.3 Å². The van der Waals surface area contributed by atoms with E-state index in [2.05, 4.69) is 10.2 Å². The summed E-state index contributed by atoms with van der Waals surface area (Å²) in [7, 11) is 0. The Morgan fingerprint density at radius 2 is 2.35 bits per heavy atom. The van der Waals surface area contributed by atoms with Crippen LogP contribution in [0, 0.1) is 0 Å². The van der Waals surface area contributed by atoms with Gasteiger partial charge in [0.05, 0.1) is 24.5 Å². The van der Waals surface area contributed by atoms with Crippen molar-refractivity contribution in [2.75, 3.05) is 13.2 Å². The zero-order valence-corrected chi connectivity index (χ0v) is 10.8. The molecule has 1 aliphatic rings. The molecule has 0 unspecified atom stereocenters. The highest BCUT2D eigenvalue weighted by Crippen LogP contribution is 2.27. The molecule has 2 heterocycles. The molecule has 0 saturated carbocycles. The lowest BCUT2D eigenvalue weighted by atomic mass is 10.0. The van der Waals surface area contributed by atoms with Crippen LogP contribution in [0.15, 0.2) is 30.5 Å². The van der Waals surface area contributed by atoms with Crippen molar-refractivity contribution in [2.24, 2.45) is 5.73 Å². The molecule has 1 aromatic heterocycles. The molecule has 0 radical (unpaired) electrons. The lowest BCUT2D eigenvalue weighted by Gasteiger charge is -2.13. The number of nitrogens with zero attached hydrogens (tertiary/aromatic N) is 1. The summed E-state index contributed by atoms with van der Waals surface area (Å²) in [4.78, 5) is 11.6. The maximum absolute atomic E-state index is 11.6. The number of benzene rings is 1. The summed E-state index contributed by atoms with van der Waals surface area (Å²) < 4.78 is 11.0. The molecule has 2 aromatic rings. The second-order valence-electron chi connectivity index (χ2n) is 4.65. The van der Waals surface area contributed by atoms with Crippen LogP contribution in [0.25, 0.3) is 11.3 Å². The summed E-state index contributed by atoms with van der Waals surface area (Å²) >= 11 is 0. The minimum absolute atomic E-state index is 0.0359. The molecule has 0 spiro atoms. The quantitative estimate of drug-likeness (QED) is 0.879. The van der Waals surface area contributed by atoms with E-state index in [1.54, 1.807) is 24.4 Å². The molecule has 0 aliphatic carbocycles. The molecule has 6 nitrogen and oxygen atoms in total. The zero-order valence-electron chi connectivity index (χ0n) is 10.8. The van der Waals surface area contributed by atoms with Crippen LogP contribution >= 0.6 is 0 Å². The van der Waals surface area contributed by atoms with Crippen molar-refractivity contribution in [1.29, 1.82) is 0 Å². The Labute approximate surface area is 115 Å². The fraction of sp³-hybridized carbons (Fsp3) is 0.286. The van der Waals surface area contributed by atoms with Crippen LogP contribution in [0.4, 0.5) is 0 Å². The molecule has 1 fully saturated rings. The van der Waals surface area contributed by atoms with E-state index in [0.29, 0.717) is 30.1 Å². The monoisotopic (exact) mass is 273 g/mol. The highest BCUT2D eigenvalue weighted by Gasteiger charge is 2.19. The Bertz CT molecular complexity index is 604. The maximum Gasteiger partial charge on any atom is 0.249 e. The van der Waals surface area contributed by atoms with E-state index >= 15 is 0 Å². The third-order valence-electron chi connectivity index (χ3n) is 3.24. The fourth-order valence-electron chi connectivity index (χ4n) is 2.24. The average molecular weight is 273 g/mol. The molecule has 1 aliphatic heterocycles. The normalized spacial score (nSPS) is 18.1. The third-order valence-corrected chi connectivity index (χ3v) is 3.24. The number of nitrogens with two attached hydrogens (primary N) is 1. The molecular weight excluding hydrogens is 258 g/mol. The van der Waals surface area contributed by atoms with Crippen molar-refractivity contribution in [3.05, 3.63) is 36.0 Å². The molecule has 0 bridgehead atoms. The van der Waals surface area contributed by atoms with Gasteiger partial charge in [0.1, 0.15) is 11.9 Å². The smallest absolute Gasteiger partial charge is 0.249 e. The number of carbonyl (C=O) groups excluding carboxylic acids is 1. The van der Waals surface area contributed by atoms with Crippen molar-refractivity contribution in [1.82, 2.24) is 10.2 Å². The van der Waals surface area contributed by atoms with Gasteiger partial charge in [0.25, 0.3) is 0 Å². The Balaban J connectivity index is 1.91. The molecule has 1 amide bonds. The van der Waals surface area contributed by atoms with Gasteiger partial charge in [0.2, 0.25) is 5.91 Å². The first-order valence-electron chi connectivity index (χ1n) is 6.42. The van der Waals surface area contributed by atoms with E-state index in [1.165, 1.54) is 0 Å².